The minimum Gasteiger partial charge on any atom is -0.481 e. The number of carbonyl (C=O) groups is 1. The molecule has 0 spiro atoms. The molecule has 0 aliphatic heterocycles. The molecular formula is C13H20O3. The Morgan fingerprint density at radius 1 is 1.12 bits per heavy atom. The topological polar surface area (TPSA) is 57.5 Å². The summed E-state index contributed by atoms with van der Waals surface area (Å²) in [5.74, 6) is -0.833. The zero-order valence-corrected chi connectivity index (χ0v) is 9.72. The van der Waals surface area contributed by atoms with Gasteiger partial charge in [0.2, 0.25) is 0 Å². The molecule has 1 aromatic carbocycles. The van der Waals surface area contributed by atoms with Crippen LogP contribution in [0.3, 0.4) is 0 Å². The van der Waals surface area contributed by atoms with Crippen molar-refractivity contribution in [2.45, 2.75) is 32.6 Å². The Labute approximate surface area is 96.7 Å². The molecule has 0 fully saturated rings. The monoisotopic (exact) mass is 224 g/mol. The summed E-state index contributed by atoms with van der Waals surface area (Å²) in [6.45, 7) is 1.41. The molecule has 2 N–H and O–H groups in total. The molecule has 0 radical (unpaired) electrons. The van der Waals surface area contributed by atoms with Gasteiger partial charge in [0.15, 0.2) is 0 Å². The Bertz CT molecular complexity index is 266. The van der Waals surface area contributed by atoms with E-state index in [1.165, 1.54) is 12.0 Å². The van der Waals surface area contributed by atoms with Gasteiger partial charge in [-0.2, -0.15) is 0 Å². The third kappa shape index (κ3) is 10.7. The van der Waals surface area contributed by atoms with Gasteiger partial charge in [0.1, 0.15) is 0 Å². The maximum atomic E-state index is 9.00. The Balaban J connectivity index is 0.000000487. The summed E-state index contributed by atoms with van der Waals surface area (Å²) in [6, 6.07) is 10.5. The third-order valence-electron chi connectivity index (χ3n) is 1.97. The lowest BCUT2D eigenvalue weighted by Gasteiger charge is -1.99. The number of carboxylic acids is 1. The van der Waals surface area contributed by atoms with Gasteiger partial charge in [0.25, 0.3) is 5.97 Å². The Morgan fingerprint density at radius 2 is 1.69 bits per heavy atom. The maximum absolute atomic E-state index is 9.00. The van der Waals surface area contributed by atoms with Crippen LogP contribution >= 0.6 is 0 Å². The molecule has 3 nitrogen and oxygen atoms in total. The molecule has 0 atom stereocenters. The largest absolute Gasteiger partial charge is 0.481 e. The van der Waals surface area contributed by atoms with Crippen LogP contribution in [0.1, 0.15) is 31.7 Å². The molecule has 0 bridgehead atoms. The highest BCUT2D eigenvalue weighted by Crippen LogP contribution is 2.05. The van der Waals surface area contributed by atoms with Crippen molar-refractivity contribution >= 4 is 5.97 Å². The van der Waals surface area contributed by atoms with Crippen LogP contribution in [-0.4, -0.2) is 22.8 Å². The summed E-state index contributed by atoms with van der Waals surface area (Å²) in [6.07, 6.45) is 4.39. The highest BCUT2D eigenvalue weighted by atomic mass is 16.4. The fourth-order valence-corrected chi connectivity index (χ4v) is 1.26. The fraction of sp³-hybridized carbons (Fsp3) is 0.462. The van der Waals surface area contributed by atoms with Crippen LogP contribution < -0.4 is 0 Å². The van der Waals surface area contributed by atoms with Gasteiger partial charge in [0.05, 0.1) is 0 Å². The van der Waals surface area contributed by atoms with Gasteiger partial charge in [0, 0.05) is 13.5 Å². The van der Waals surface area contributed by atoms with Crippen molar-refractivity contribution in [3.63, 3.8) is 0 Å². The first-order valence-electron chi connectivity index (χ1n) is 5.51. The lowest BCUT2D eigenvalue weighted by Crippen LogP contribution is -1.87. The molecule has 0 aliphatic carbocycles. The molecule has 0 aromatic heterocycles. The highest BCUT2D eigenvalue weighted by molar-refractivity contribution is 5.62. The van der Waals surface area contributed by atoms with Crippen molar-refractivity contribution < 1.29 is 15.0 Å². The van der Waals surface area contributed by atoms with E-state index >= 15 is 0 Å². The van der Waals surface area contributed by atoms with Gasteiger partial charge in [-0.1, -0.05) is 36.8 Å². The van der Waals surface area contributed by atoms with Crippen molar-refractivity contribution in [2.24, 2.45) is 0 Å². The normalized spacial score (nSPS) is 9.12. The van der Waals surface area contributed by atoms with E-state index in [0.717, 1.165) is 26.2 Å². The first-order valence-corrected chi connectivity index (χ1v) is 5.51. The van der Waals surface area contributed by atoms with Crippen molar-refractivity contribution in [3.05, 3.63) is 35.9 Å². The lowest BCUT2D eigenvalue weighted by atomic mass is 10.1. The summed E-state index contributed by atoms with van der Waals surface area (Å²) in [5, 5.41) is 16.0. The lowest BCUT2D eigenvalue weighted by molar-refractivity contribution is -0.134. The average Bonchev–Trinajstić information content (AvgIpc) is 2.25. The molecule has 3 heteroatoms. The average molecular weight is 224 g/mol. The number of unbranched alkanes of at least 4 members (excludes halogenated alkanes) is 2. The molecular weight excluding hydrogens is 204 g/mol. The number of aryl methyl sites for hydroxylation is 1. The van der Waals surface area contributed by atoms with E-state index in [-0.39, 0.29) is 0 Å². The minimum absolute atomic E-state index is 0.328. The quantitative estimate of drug-likeness (QED) is 0.755. The van der Waals surface area contributed by atoms with Crippen LogP contribution in [-0.2, 0) is 11.2 Å². The Kier molecular flexibility index (Phi) is 9.32. The van der Waals surface area contributed by atoms with E-state index < -0.39 is 5.97 Å². The summed E-state index contributed by atoms with van der Waals surface area (Å²) in [7, 11) is 0. The van der Waals surface area contributed by atoms with Crippen LogP contribution in [0.5, 0.6) is 0 Å². The number of aliphatic hydroxyl groups is 1. The van der Waals surface area contributed by atoms with Gasteiger partial charge in [-0.05, 0) is 24.8 Å². The first-order chi connectivity index (χ1) is 7.66. The van der Waals surface area contributed by atoms with Crippen molar-refractivity contribution in [3.8, 4) is 0 Å². The van der Waals surface area contributed by atoms with E-state index in [9.17, 15) is 0 Å². The zero-order valence-electron chi connectivity index (χ0n) is 9.72. The number of hydrogen-bond donors (Lipinski definition) is 2. The number of aliphatic hydroxyl groups excluding tert-OH is 1. The van der Waals surface area contributed by atoms with Gasteiger partial charge in [-0.3, -0.25) is 4.79 Å². The Hall–Kier alpha value is -1.35. The maximum Gasteiger partial charge on any atom is 0.300 e. The fourth-order valence-electron chi connectivity index (χ4n) is 1.26. The van der Waals surface area contributed by atoms with Gasteiger partial charge in [-0.15, -0.1) is 0 Å². The molecule has 0 heterocycles. The van der Waals surface area contributed by atoms with Crippen molar-refractivity contribution in [2.75, 3.05) is 6.61 Å². The number of hydrogen-bond acceptors (Lipinski definition) is 2. The number of benzene rings is 1. The molecule has 1 aromatic rings. The number of aliphatic carboxylic acids is 1. The predicted octanol–water partition coefficient (Wildman–Crippen LogP) is 2.48. The van der Waals surface area contributed by atoms with Crippen LogP contribution in [0, 0.1) is 0 Å². The molecule has 0 saturated carbocycles. The standard InChI is InChI=1S/C11H16O.C2H4O2/c12-10-6-2-5-9-11-7-3-1-4-8-11;1-2(3)4/h1,3-4,7-8,12H,2,5-6,9-10H2;1H3,(H,3,4). The second-order valence-corrected chi connectivity index (χ2v) is 3.54. The number of carboxylic acid groups (broad SMARTS) is 1. The van der Waals surface area contributed by atoms with Crippen LogP contribution in [0.15, 0.2) is 30.3 Å². The van der Waals surface area contributed by atoms with Crippen LogP contribution in [0.2, 0.25) is 0 Å². The molecule has 0 unspecified atom stereocenters. The van der Waals surface area contributed by atoms with E-state index in [1.54, 1.807) is 0 Å². The van der Waals surface area contributed by atoms with E-state index in [2.05, 4.69) is 24.3 Å². The predicted molar refractivity (Wildman–Crippen MR) is 64.4 cm³/mol. The van der Waals surface area contributed by atoms with Crippen LogP contribution in [0.25, 0.3) is 0 Å². The number of rotatable bonds is 5. The second-order valence-electron chi connectivity index (χ2n) is 3.54. The molecule has 90 valence electrons. The van der Waals surface area contributed by atoms with Gasteiger partial charge >= 0.3 is 0 Å². The second kappa shape index (κ2) is 10.2. The summed E-state index contributed by atoms with van der Waals surface area (Å²) >= 11 is 0. The molecule has 1 rings (SSSR count). The summed E-state index contributed by atoms with van der Waals surface area (Å²) in [4.78, 5) is 9.00. The zero-order chi connectivity index (χ0) is 12.2. The van der Waals surface area contributed by atoms with Crippen molar-refractivity contribution in [1.82, 2.24) is 0 Å². The molecule has 0 amide bonds. The molecule has 0 saturated heterocycles. The van der Waals surface area contributed by atoms with Crippen molar-refractivity contribution in [1.29, 1.82) is 0 Å². The van der Waals surface area contributed by atoms with Gasteiger partial charge < -0.3 is 10.2 Å². The molecule has 16 heavy (non-hydrogen) atoms. The summed E-state index contributed by atoms with van der Waals surface area (Å²) < 4.78 is 0. The Morgan fingerprint density at radius 3 is 2.19 bits per heavy atom. The first kappa shape index (κ1) is 14.6. The molecule has 0 aliphatic rings. The highest BCUT2D eigenvalue weighted by Gasteiger charge is 1.90. The van der Waals surface area contributed by atoms with E-state index in [0.29, 0.717) is 6.61 Å². The summed E-state index contributed by atoms with van der Waals surface area (Å²) in [5.41, 5.74) is 1.40. The van der Waals surface area contributed by atoms with E-state index in [1.807, 2.05) is 6.07 Å². The van der Waals surface area contributed by atoms with Crippen LogP contribution in [0.4, 0.5) is 0 Å². The third-order valence-corrected chi connectivity index (χ3v) is 1.97. The van der Waals surface area contributed by atoms with Gasteiger partial charge in [-0.25, -0.2) is 0 Å². The SMILES string of the molecule is CC(=O)O.OCCCCCc1ccccc1. The van der Waals surface area contributed by atoms with E-state index in [4.69, 9.17) is 15.0 Å². The minimum atomic E-state index is -0.833. The smallest absolute Gasteiger partial charge is 0.300 e.